The summed E-state index contributed by atoms with van der Waals surface area (Å²) in [4.78, 5) is 15.0. The molecule has 0 saturated heterocycles. The minimum absolute atomic E-state index is 0.318. The number of halogens is 2. The van der Waals surface area contributed by atoms with Gasteiger partial charge in [0.15, 0.2) is 0 Å². The molecule has 0 aliphatic heterocycles. The van der Waals surface area contributed by atoms with E-state index in [-0.39, 0.29) is 5.60 Å². The van der Waals surface area contributed by atoms with Gasteiger partial charge in [0.05, 0.1) is 5.03 Å². The molecule has 3 aromatic rings. The zero-order valence-electron chi connectivity index (χ0n) is 21.4. The van der Waals surface area contributed by atoms with Crippen molar-refractivity contribution in [2.45, 2.75) is 76.5 Å². The standard InChI is InChI=1S/C21H23BrN2S.C5H10O2.CH3Br/c1-14(2)20-15(3)16(4)24(13-17-8-10-23-11-9-17)21(20)25-19-7-5-6-18(22)12-19;1-5(2,3)7-4-6;1-2/h5-12,14H,13H2,1-4H3;4H,1-3H3;1H3. The van der Waals surface area contributed by atoms with Gasteiger partial charge in [-0.25, -0.2) is 0 Å². The third-order valence-corrected chi connectivity index (χ3v) is 6.52. The van der Waals surface area contributed by atoms with Crippen molar-refractivity contribution in [2.24, 2.45) is 0 Å². The lowest BCUT2D eigenvalue weighted by Gasteiger charge is -2.14. The highest BCUT2D eigenvalue weighted by molar-refractivity contribution is 9.10. The summed E-state index contributed by atoms with van der Waals surface area (Å²) in [6.07, 6.45) is 3.73. The Balaban J connectivity index is 0.000000553. The van der Waals surface area contributed by atoms with E-state index in [4.69, 9.17) is 0 Å². The average Bonchev–Trinajstić information content (AvgIpc) is 3.00. The summed E-state index contributed by atoms with van der Waals surface area (Å²) in [5, 5.41) is 1.35. The Morgan fingerprint density at radius 2 is 1.74 bits per heavy atom. The second kappa shape index (κ2) is 14.7. The summed E-state index contributed by atoms with van der Waals surface area (Å²) in [5.74, 6) is 2.31. The summed E-state index contributed by atoms with van der Waals surface area (Å²) in [7, 11) is 0. The number of hydrogen-bond donors (Lipinski definition) is 0. The SMILES string of the molecule is CBr.CC(C)(C)OC=O.Cc1c(C(C)C)c(Sc2cccc(Br)c2)n(Cc2ccncc2)c1C. The second-order valence-electron chi connectivity index (χ2n) is 8.91. The number of pyridine rings is 1. The maximum absolute atomic E-state index is 9.60. The highest BCUT2D eigenvalue weighted by Gasteiger charge is 2.21. The Kier molecular flexibility index (Phi) is 13.2. The largest absolute Gasteiger partial charge is 0.462 e. The Morgan fingerprint density at radius 1 is 1.12 bits per heavy atom. The molecule has 2 aromatic heterocycles. The summed E-state index contributed by atoms with van der Waals surface area (Å²) in [6, 6.07) is 12.7. The highest BCUT2D eigenvalue weighted by atomic mass is 79.9. The van der Waals surface area contributed by atoms with Crippen molar-refractivity contribution in [3.8, 4) is 0 Å². The van der Waals surface area contributed by atoms with Gasteiger partial charge in [0, 0.05) is 34.0 Å². The average molecular weight is 612 g/mol. The number of carbonyl (C=O) groups is 1. The van der Waals surface area contributed by atoms with Crippen molar-refractivity contribution in [1.82, 2.24) is 9.55 Å². The summed E-state index contributed by atoms with van der Waals surface area (Å²) in [5.41, 5.74) is 5.16. The number of carbonyl (C=O) groups excluding carboxylic acids is 1. The van der Waals surface area contributed by atoms with Crippen LogP contribution < -0.4 is 0 Å². The van der Waals surface area contributed by atoms with Crippen molar-refractivity contribution < 1.29 is 9.53 Å². The van der Waals surface area contributed by atoms with Gasteiger partial charge in [0.1, 0.15) is 5.60 Å². The summed E-state index contributed by atoms with van der Waals surface area (Å²) >= 11 is 8.38. The molecule has 2 heterocycles. The maximum atomic E-state index is 9.60. The molecule has 0 spiro atoms. The molecule has 1 aromatic carbocycles. The van der Waals surface area contributed by atoms with Crippen molar-refractivity contribution in [2.75, 3.05) is 5.83 Å². The molecule has 4 nitrogen and oxygen atoms in total. The molecular weight excluding hydrogens is 576 g/mol. The van der Waals surface area contributed by atoms with Gasteiger partial charge in [0.2, 0.25) is 0 Å². The summed E-state index contributed by atoms with van der Waals surface area (Å²) in [6.45, 7) is 15.8. The van der Waals surface area contributed by atoms with Crippen molar-refractivity contribution >= 4 is 50.1 Å². The Hall–Kier alpha value is -1.57. The van der Waals surface area contributed by atoms with E-state index in [1.165, 1.54) is 32.3 Å². The van der Waals surface area contributed by atoms with Gasteiger partial charge in [-0.15, -0.1) is 0 Å². The molecule has 0 saturated carbocycles. The number of benzene rings is 1. The van der Waals surface area contributed by atoms with Gasteiger partial charge in [-0.3, -0.25) is 9.78 Å². The lowest BCUT2D eigenvalue weighted by molar-refractivity contribution is -0.138. The fourth-order valence-corrected chi connectivity index (χ4v) is 5.21. The van der Waals surface area contributed by atoms with Crippen molar-refractivity contribution in [3.05, 3.63) is 75.6 Å². The Bertz CT molecular complexity index is 1030. The normalized spacial score (nSPS) is 10.7. The van der Waals surface area contributed by atoms with Crippen LogP contribution in [0.25, 0.3) is 0 Å². The van der Waals surface area contributed by atoms with E-state index in [2.05, 4.69) is 110 Å². The van der Waals surface area contributed by atoms with Crippen LogP contribution in [0.1, 0.15) is 62.9 Å². The molecule has 0 bridgehead atoms. The Labute approximate surface area is 226 Å². The third-order valence-electron chi connectivity index (χ3n) is 4.91. The molecule has 0 radical (unpaired) electrons. The van der Waals surface area contributed by atoms with E-state index < -0.39 is 0 Å². The van der Waals surface area contributed by atoms with Gasteiger partial charge >= 0.3 is 0 Å². The van der Waals surface area contributed by atoms with Gasteiger partial charge in [0.25, 0.3) is 6.47 Å². The second-order valence-corrected chi connectivity index (χ2v) is 10.9. The van der Waals surface area contributed by atoms with E-state index in [0.717, 1.165) is 11.0 Å². The molecule has 7 heteroatoms. The molecule has 0 aliphatic rings. The highest BCUT2D eigenvalue weighted by Crippen LogP contribution is 2.40. The number of ether oxygens (including phenoxy) is 1. The molecule has 34 heavy (non-hydrogen) atoms. The Morgan fingerprint density at radius 3 is 2.21 bits per heavy atom. The number of nitrogens with zero attached hydrogens (tertiary/aromatic N) is 2. The third kappa shape index (κ3) is 9.59. The van der Waals surface area contributed by atoms with Gasteiger partial charge in [-0.1, -0.05) is 63.5 Å². The van der Waals surface area contributed by atoms with Gasteiger partial charge < -0.3 is 9.30 Å². The van der Waals surface area contributed by atoms with Crippen LogP contribution in [0.3, 0.4) is 0 Å². The van der Waals surface area contributed by atoms with Gasteiger partial charge in [-0.05, 0) is 93.4 Å². The predicted molar refractivity (Wildman–Crippen MR) is 151 cm³/mol. The van der Waals surface area contributed by atoms with Crippen LogP contribution >= 0.6 is 43.6 Å². The number of hydrogen-bond acceptors (Lipinski definition) is 4. The fourth-order valence-electron chi connectivity index (χ4n) is 3.29. The van der Waals surface area contributed by atoms with Crippen LogP contribution in [0.4, 0.5) is 0 Å². The first kappa shape index (κ1) is 30.5. The molecule has 186 valence electrons. The zero-order chi connectivity index (χ0) is 25.9. The minimum atomic E-state index is -0.318. The van der Waals surface area contributed by atoms with E-state index >= 15 is 0 Å². The molecule has 3 rings (SSSR count). The van der Waals surface area contributed by atoms with E-state index in [0.29, 0.717) is 12.4 Å². The van der Waals surface area contributed by atoms with Gasteiger partial charge in [-0.2, -0.15) is 0 Å². The quantitative estimate of drug-likeness (QED) is 0.207. The molecule has 0 atom stereocenters. The molecule has 0 N–H and O–H groups in total. The van der Waals surface area contributed by atoms with Crippen LogP contribution in [-0.4, -0.2) is 27.5 Å². The molecular formula is C27H36Br2N2O2S. The molecule has 0 amide bonds. The van der Waals surface area contributed by atoms with E-state index in [1.807, 2.05) is 50.8 Å². The van der Waals surface area contributed by atoms with Crippen LogP contribution in [0.5, 0.6) is 0 Å². The topological polar surface area (TPSA) is 44.1 Å². The first-order valence-electron chi connectivity index (χ1n) is 11.0. The monoisotopic (exact) mass is 610 g/mol. The number of alkyl halides is 1. The molecule has 0 unspecified atom stereocenters. The molecule has 0 aliphatic carbocycles. The van der Waals surface area contributed by atoms with Crippen LogP contribution in [0.15, 0.2) is 63.2 Å². The van der Waals surface area contributed by atoms with Crippen molar-refractivity contribution in [3.63, 3.8) is 0 Å². The maximum Gasteiger partial charge on any atom is 0.293 e. The van der Waals surface area contributed by atoms with Crippen LogP contribution in [0.2, 0.25) is 0 Å². The number of aromatic nitrogens is 2. The zero-order valence-corrected chi connectivity index (χ0v) is 25.3. The fraction of sp³-hybridized carbons (Fsp3) is 0.407. The number of rotatable bonds is 6. The summed E-state index contributed by atoms with van der Waals surface area (Å²) < 4.78 is 8.11. The van der Waals surface area contributed by atoms with Crippen LogP contribution in [-0.2, 0) is 16.1 Å². The lowest BCUT2D eigenvalue weighted by Crippen LogP contribution is -2.17. The first-order chi connectivity index (χ1) is 16.0. The predicted octanol–water partition coefficient (Wildman–Crippen LogP) is 8.55. The van der Waals surface area contributed by atoms with Crippen LogP contribution in [0, 0.1) is 13.8 Å². The van der Waals surface area contributed by atoms with Crippen molar-refractivity contribution in [1.29, 1.82) is 0 Å². The molecule has 0 fully saturated rings. The van der Waals surface area contributed by atoms with E-state index in [9.17, 15) is 4.79 Å². The van der Waals surface area contributed by atoms with E-state index in [1.54, 1.807) is 0 Å². The lowest BCUT2D eigenvalue weighted by atomic mass is 10.0. The first-order valence-corrected chi connectivity index (χ1v) is 14.2. The minimum Gasteiger partial charge on any atom is -0.462 e. The smallest absolute Gasteiger partial charge is 0.293 e.